The van der Waals surface area contributed by atoms with Crippen molar-refractivity contribution in [2.75, 3.05) is 13.7 Å². The molecule has 0 aliphatic heterocycles. The fraction of sp³-hybridized carbons (Fsp3) is 0.800. The van der Waals surface area contributed by atoms with Gasteiger partial charge in [0.25, 0.3) is 0 Å². The summed E-state index contributed by atoms with van der Waals surface area (Å²) in [7, 11) is 1.69. The van der Waals surface area contributed by atoms with Gasteiger partial charge in [0.15, 0.2) is 0 Å². The van der Waals surface area contributed by atoms with Crippen LogP contribution in [0.3, 0.4) is 0 Å². The summed E-state index contributed by atoms with van der Waals surface area (Å²) in [5, 5.41) is 11.4. The van der Waals surface area contributed by atoms with Gasteiger partial charge in [0, 0.05) is 19.7 Å². The van der Waals surface area contributed by atoms with Gasteiger partial charge in [0.1, 0.15) is 0 Å². The first-order valence-corrected chi connectivity index (χ1v) is 5.26. The number of methoxy groups -OCH3 is 1. The summed E-state index contributed by atoms with van der Waals surface area (Å²) in [6, 6.07) is 0.696. The van der Waals surface area contributed by atoms with Crippen molar-refractivity contribution in [3.05, 3.63) is 11.9 Å². The zero-order chi connectivity index (χ0) is 11.3. The van der Waals surface area contributed by atoms with Crippen LogP contribution in [0.1, 0.15) is 32.5 Å². The van der Waals surface area contributed by atoms with Crippen LogP contribution in [0, 0.1) is 0 Å². The highest BCUT2D eigenvalue weighted by atomic mass is 16.5. The van der Waals surface area contributed by atoms with Gasteiger partial charge in [-0.25, -0.2) is 4.68 Å². The summed E-state index contributed by atoms with van der Waals surface area (Å²) in [6.45, 7) is 7.69. The lowest BCUT2D eigenvalue weighted by Gasteiger charge is -2.08. The van der Waals surface area contributed by atoms with Crippen molar-refractivity contribution >= 4 is 0 Å². The molecule has 15 heavy (non-hydrogen) atoms. The van der Waals surface area contributed by atoms with Crippen LogP contribution in [0.25, 0.3) is 0 Å². The van der Waals surface area contributed by atoms with Crippen LogP contribution in [0.2, 0.25) is 0 Å². The van der Waals surface area contributed by atoms with Crippen LogP contribution in [-0.2, 0) is 11.3 Å². The Balaban J connectivity index is 2.48. The van der Waals surface area contributed by atoms with Crippen molar-refractivity contribution in [3.8, 4) is 0 Å². The lowest BCUT2D eigenvalue weighted by Crippen LogP contribution is -2.22. The number of aromatic nitrogens is 3. The summed E-state index contributed by atoms with van der Waals surface area (Å²) in [5.41, 5.74) is 0.964. The largest absolute Gasteiger partial charge is 0.382 e. The Labute approximate surface area is 90.8 Å². The van der Waals surface area contributed by atoms with Gasteiger partial charge in [0.05, 0.1) is 24.5 Å². The quantitative estimate of drug-likeness (QED) is 0.764. The molecular formula is C10H20N4O. The van der Waals surface area contributed by atoms with Crippen molar-refractivity contribution in [1.82, 2.24) is 20.3 Å². The first-order chi connectivity index (χ1) is 7.13. The number of nitrogens with zero attached hydrogens (tertiary/aromatic N) is 3. The average Bonchev–Trinajstić information content (AvgIpc) is 2.63. The van der Waals surface area contributed by atoms with Gasteiger partial charge < -0.3 is 10.1 Å². The first kappa shape index (κ1) is 12.1. The Hall–Kier alpha value is -0.940. The summed E-state index contributed by atoms with van der Waals surface area (Å²) in [4.78, 5) is 0. The molecule has 0 fully saturated rings. The molecule has 1 aromatic rings. The summed E-state index contributed by atoms with van der Waals surface area (Å²) in [5.74, 6) is 0. The molecule has 0 aromatic carbocycles. The number of nitrogens with one attached hydrogen (secondary N) is 1. The Morgan fingerprint density at radius 3 is 2.80 bits per heavy atom. The van der Waals surface area contributed by atoms with Crippen molar-refractivity contribution in [2.24, 2.45) is 0 Å². The molecule has 0 bridgehead atoms. The molecule has 1 aromatic heterocycles. The molecule has 0 aliphatic carbocycles. The maximum Gasteiger partial charge on any atom is 0.0965 e. The molecule has 1 rings (SSSR count). The minimum absolute atomic E-state index is 0.232. The third-order valence-electron chi connectivity index (χ3n) is 2.11. The number of hydrogen-bond acceptors (Lipinski definition) is 4. The van der Waals surface area contributed by atoms with E-state index >= 15 is 0 Å². The molecule has 1 heterocycles. The molecule has 0 saturated carbocycles. The standard InChI is InChI=1S/C10H20N4O/c1-8(2)11-5-10-6-14(13-12-10)9(3)7-15-4/h6,8-9,11H,5,7H2,1-4H3. The second-order valence-corrected chi connectivity index (χ2v) is 4.03. The smallest absolute Gasteiger partial charge is 0.0965 e. The number of ether oxygens (including phenoxy) is 1. The van der Waals surface area contributed by atoms with E-state index < -0.39 is 0 Å². The van der Waals surface area contributed by atoms with E-state index in [4.69, 9.17) is 4.74 Å². The molecule has 1 unspecified atom stereocenters. The maximum absolute atomic E-state index is 5.06. The summed E-state index contributed by atoms with van der Waals surface area (Å²) < 4.78 is 6.90. The van der Waals surface area contributed by atoms with E-state index in [0.29, 0.717) is 12.6 Å². The normalized spacial score (nSPS) is 13.4. The molecule has 1 N–H and O–H groups in total. The summed E-state index contributed by atoms with van der Waals surface area (Å²) in [6.07, 6.45) is 1.96. The van der Waals surface area contributed by atoms with Crippen molar-refractivity contribution in [3.63, 3.8) is 0 Å². The van der Waals surface area contributed by atoms with E-state index in [0.717, 1.165) is 12.2 Å². The van der Waals surface area contributed by atoms with Gasteiger partial charge in [-0.15, -0.1) is 5.10 Å². The predicted octanol–water partition coefficient (Wildman–Crippen LogP) is 0.983. The lowest BCUT2D eigenvalue weighted by atomic mass is 10.3. The van der Waals surface area contributed by atoms with Gasteiger partial charge >= 0.3 is 0 Å². The SMILES string of the molecule is COCC(C)n1cc(CNC(C)C)nn1. The van der Waals surface area contributed by atoms with Gasteiger partial charge in [-0.05, 0) is 6.92 Å². The Morgan fingerprint density at radius 1 is 1.47 bits per heavy atom. The molecule has 0 aliphatic rings. The average molecular weight is 212 g/mol. The van der Waals surface area contributed by atoms with Gasteiger partial charge in [-0.1, -0.05) is 19.1 Å². The molecule has 86 valence electrons. The first-order valence-electron chi connectivity index (χ1n) is 5.26. The van der Waals surface area contributed by atoms with Crippen LogP contribution in [0.5, 0.6) is 0 Å². The van der Waals surface area contributed by atoms with Crippen LogP contribution in [-0.4, -0.2) is 34.8 Å². The monoisotopic (exact) mass is 212 g/mol. The highest BCUT2D eigenvalue weighted by Gasteiger charge is 2.07. The lowest BCUT2D eigenvalue weighted by molar-refractivity contribution is 0.156. The minimum atomic E-state index is 0.232. The second-order valence-electron chi connectivity index (χ2n) is 4.03. The fourth-order valence-electron chi connectivity index (χ4n) is 1.24. The zero-order valence-corrected chi connectivity index (χ0v) is 9.90. The van der Waals surface area contributed by atoms with Gasteiger partial charge in [-0.3, -0.25) is 0 Å². The van der Waals surface area contributed by atoms with Crippen molar-refractivity contribution in [1.29, 1.82) is 0 Å². The van der Waals surface area contributed by atoms with E-state index in [1.807, 2.05) is 10.9 Å². The summed E-state index contributed by atoms with van der Waals surface area (Å²) >= 11 is 0. The molecule has 5 nitrogen and oxygen atoms in total. The number of hydrogen-bond donors (Lipinski definition) is 1. The minimum Gasteiger partial charge on any atom is -0.382 e. The zero-order valence-electron chi connectivity index (χ0n) is 9.90. The molecule has 5 heteroatoms. The topological polar surface area (TPSA) is 52.0 Å². The van der Waals surface area contributed by atoms with E-state index in [1.165, 1.54) is 0 Å². The van der Waals surface area contributed by atoms with Crippen LogP contribution < -0.4 is 5.32 Å². The van der Waals surface area contributed by atoms with Crippen LogP contribution in [0.4, 0.5) is 0 Å². The molecule has 0 radical (unpaired) electrons. The van der Waals surface area contributed by atoms with E-state index in [-0.39, 0.29) is 6.04 Å². The van der Waals surface area contributed by atoms with Crippen LogP contribution in [0.15, 0.2) is 6.20 Å². The third kappa shape index (κ3) is 3.97. The van der Waals surface area contributed by atoms with E-state index in [2.05, 4.69) is 36.4 Å². The van der Waals surface area contributed by atoms with E-state index in [1.54, 1.807) is 7.11 Å². The molecule has 1 atom stereocenters. The highest BCUT2D eigenvalue weighted by molar-refractivity contribution is 4.92. The molecule has 0 spiro atoms. The molecule has 0 saturated heterocycles. The van der Waals surface area contributed by atoms with Gasteiger partial charge in [-0.2, -0.15) is 0 Å². The second kappa shape index (κ2) is 5.82. The number of rotatable bonds is 6. The maximum atomic E-state index is 5.06. The molecular weight excluding hydrogens is 192 g/mol. The molecule has 0 amide bonds. The fourth-order valence-corrected chi connectivity index (χ4v) is 1.24. The Bertz CT molecular complexity index is 285. The third-order valence-corrected chi connectivity index (χ3v) is 2.11. The van der Waals surface area contributed by atoms with Gasteiger partial charge in [0.2, 0.25) is 0 Å². The Morgan fingerprint density at radius 2 is 2.20 bits per heavy atom. The van der Waals surface area contributed by atoms with Crippen molar-refractivity contribution < 1.29 is 4.74 Å². The van der Waals surface area contributed by atoms with E-state index in [9.17, 15) is 0 Å². The van der Waals surface area contributed by atoms with Crippen LogP contribution >= 0.6 is 0 Å². The highest BCUT2D eigenvalue weighted by Crippen LogP contribution is 2.04. The Kier molecular flexibility index (Phi) is 4.71. The predicted molar refractivity (Wildman–Crippen MR) is 58.6 cm³/mol. The van der Waals surface area contributed by atoms with Crippen molar-refractivity contribution in [2.45, 2.75) is 39.4 Å².